The molecule has 0 bridgehead atoms. The molecule has 0 radical (unpaired) electrons. The van der Waals surface area contributed by atoms with E-state index in [0.29, 0.717) is 0 Å². The fraction of sp³-hybridized carbons (Fsp3) is 0.375. The van der Waals surface area contributed by atoms with E-state index in [-0.39, 0.29) is 6.42 Å². The number of allylic oxidation sites excluding steroid dienone is 4. The monoisotopic (exact) mass is 140 g/mol. The highest BCUT2D eigenvalue weighted by Crippen LogP contribution is 1.93. The maximum Gasteiger partial charge on any atom is 0.303 e. The quantitative estimate of drug-likeness (QED) is 0.604. The fourth-order valence-electron chi connectivity index (χ4n) is 0.393. The SMILES string of the molecule is C1=CCC=C1.CCC(=O)O. The molecular formula is C8H12O2. The van der Waals surface area contributed by atoms with E-state index in [4.69, 9.17) is 5.11 Å². The Bertz CT molecular complexity index is 135. The predicted octanol–water partition coefficient (Wildman–Crippen LogP) is 1.98. The summed E-state index contributed by atoms with van der Waals surface area (Å²) >= 11 is 0. The van der Waals surface area contributed by atoms with Crippen molar-refractivity contribution in [1.82, 2.24) is 0 Å². The van der Waals surface area contributed by atoms with Crippen molar-refractivity contribution in [2.45, 2.75) is 19.8 Å². The lowest BCUT2D eigenvalue weighted by Gasteiger charge is -1.71. The first-order chi connectivity index (χ1) is 4.77. The summed E-state index contributed by atoms with van der Waals surface area (Å²) in [5.41, 5.74) is 0. The Balaban J connectivity index is 0.000000162. The molecule has 0 saturated heterocycles. The first-order valence-corrected chi connectivity index (χ1v) is 3.30. The first-order valence-electron chi connectivity index (χ1n) is 3.30. The highest BCUT2D eigenvalue weighted by molar-refractivity contribution is 5.66. The molecule has 0 atom stereocenters. The Kier molecular flexibility index (Phi) is 5.44. The maximum atomic E-state index is 9.37. The zero-order chi connectivity index (χ0) is 7.82. The molecule has 1 aliphatic rings. The molecule has 0 aromatic heterocycles. The van der Waals surface area contributed by atoms with E-state index in [1.54, 1.807) is 6.92 Å². The van der Waals surface area contributed by atoms with Crippen LogP contribution in [0.15, 0.2) is 24.3 Å². The molecule has 0 saturated carbocycles. The lowest BCUT2D eigenvalue weighted by atomic mass is 10.5. The average Bonchev–Trinajstić information content (AvgIpc) is 2.43. The molecule has 0 aliphatic heterocycles. The van der Waals surface area contributed by atoms with Crippen molar-refractivity contribution in [3.63, 3.8) is 0 Å². The lowest BCUT2D eigenvalue weighted by molar-refractivity contribution is -0.136. The van der Waals surface area contributed by atoms with Gasteiger partial charge in [0.15, 0.2) is 0 Å². The second-order valence-corrected chi connectivity index (χ2v) is 1.84. The summed E-state index contributed by atoms with van der Waals surface area (Å²) in [6.45, 7) is 1.60. The van der Waals surface area contributed by atoms with Crippen molar-refractivity contribution in [3.8, 4) is 0 Å². The predicted molar refractivity (Wildman–Crippen MR) is 40.8 cm³/mol. The minimum Gasteiger partial charge on any atom is -0.481 e. The number of carboxylic acid groups (broad SMARTS) is 1. The molecule has 0 aromatic rings. The van der Waals surface area contributed by atoms with Gasteiger partial charge in [-0.25, -0.2) is 0 Å². The highest BCUT2D eigenvalue weighted by Gasteiger charge is 1.80. The summed E-state index contributed by atoms with van der Waals surface area (Å²) in [5, 5.41) is 7.72. The molecular weight excluding hydrogens is 128 g/mol. The summed E-state index contributed by atoms with van der Waals surface area (Å²) in [6.07, 6.45) is 9.72. The van der Waals surface area contributed by atoms with Crippen LogP contribution in [0.2, 0.25) is 0 Å². The highest BCUT2D eigenvalue weighted by atomic mass is 16.4. The number of carbonyl (C=O) groups is 1. The average molecular weight is 140 g/mol. The Morgan fingerprint density at radius 3 is 2.00 bits per heavy atom. The van der Waals surface area contributed by atoms with Crippen molar-refractivity contribution in [1.29, 1.82) is 0 Å². The van der Waals surface area contributed by atoms with Crippen molar-refractivity contribution < 1.29 is 9.90 Å². The molecule has 0 amide bonds. The normalized spacial score (nSPS) is 12.5. The van der Waals surface area contributed by atoms with E-state index in [0.717, 1.165) is 6.42 Å². The van der Waals surface area contributed by atoms with Gasteiger partial charge in [0.25, 0.3) is 0 Å². The van der Waals surface area contributed by atoms with Crippen LogP contribution < -0.4 is 0 Å². The minimum absolute atomic E-state index is 0.222. The minimum atomic E-state index is -0.745. The van der Waals surface area contributed by atoms with E-state index in [1.807, 2.05) is 0 Å². The Labute approximate surface area is 60.9 Å². The third kappa shape index (κ3) is 6.95. The van der Waals surface area contributed by atoms with Crippen LogP contribution in [-0.4, -0.2) is 11.1 Å². The van der Waals surface area contributed by atoms with Gasteiger partial charge in [-0.15, -0.1) is 0 Å². The molecule has 1 aliphatic carbocycles. The molecule has 2 heteroatoms. The van der Waals surface area contributed by atoms with Gasteiger partial charge in [0, 0.05) is 6.42 Å². The van der Waals surface area contributed by atoms with Crippen LogP contribution in [0.3, 0.4) is 0 Å². The summed E-state index contributed by atoms with van der Waals surface area (Å²) in [7, 11) is 0. The molecule has 2 nitrogen and oxygen atoms in total. The molecule has 1 N–H and O–H groups in total. The van der Waals surface area contributed by atoms with Crippen LogP contribution in [-0.2, 0) is 4.79 Å². The number of aliphatic carboxylic acids is 1. The van der Waals surface area contributed by atoms with Gasteiger partial charge in [0.2, 0.25) is 0 Å². The van der Waals surface area contributed by atoms with Crippen molar-refractivity contribution >= 4 is 5.97 Å². The molecule has 56 valence electrons. The van der Waals surface area contributed by atoms with Crippen LogP contribution in [0.1, 0.15) is 19.8 Å². The first kappa shape index (κ1) is 8.95. The molecule has 0 unspecified atom stereocenters. The maximum absolute atomic E-state index is 9.37. The smallest absolute Gasteiger partial charge is 0.303 e. The topological polar surface area (TPSA) is 37.3 Å². The van der Waals surface area contributed by atoms with Gasteiger partial charge in [0.05, 0.1) is 0 Å². The molecule has 0 aromatic carbocycles. The third-order valence-corrected chi connectivity index (χ3v) is 0.958. The van der Waals surface area contributed by atoms with E-state index in [2.05, 4.69) is 24.3 Å². The van der Waals surface area contributed by atoms with Crippen LogP contribution in [0.4, 0.5) is 0 Å². The molecule has 0 fully saturated rings. The fourth-order valence-corrected chi connectivity index (χ4v) is 0.393. The van der Waals surface area contributed by atoms with Gasteiger partial charge < -0.3 is 5.11 Å². The van der Waals surface area contributed by atoms with E-state index in [9.17, 15) is 4.79 Å². The van der Waals surface area contributed by atoms with Gasteiger partial charge in [-0.2, -0.15) is 0 Å². The van der Waals surface area contributed by atoms with Crippen molar-refractivity contribution in [2.75, 3.05) is 0 Å². The second kappa shape index (κ2) is 6.08. The van der Waals surface area contributed by atoms with Crippen molar-refractivity contribution in [3.05, 3.63) is 24.3 Å². The number of hydrogen-bond donors (Lipinski definition) is 1. The standard InChI is InChI=1S/C5H6.C3H6O2/c1-2-4-5-3-1;1-2-3(4)5/h1-4H,5H2;2H2,1H3,(H,4,5). The van der Waals surface area contributed by atoms with E-state index < -0.39 is 5.97 Å². The number of hydrogen-bond acceptors (Lipinski definition) is 1. The summed E-state index contributed by atoms with van der Waals surface area (Å²) in [4.78, 5) is 9.37. The van der Waals surface area contributed by atoms with Gasteiger partial charge in [-0.3, -0.25) is 4.79 Å². The summed E-state index contributed by atoms with van der Waals surface area (Å²) in [5.74, 6) is -0.745. The van der Waals surface area contributed by atoms with Gasteiger partial charge in [-0.1, -0.05) is 31.2 Å². The molecule has 0 heterocycles. The number of rotatable bonds is 1. The zero-order valence-electron chi connectivity index (χ0n) is 6.08. The Morgan fingerprint density at radius 2 is 1.90 bits per heavy atom. The zero-order valence-corrected chi connectivity index (χ0v) is 6.08. The van der Waals surface area contributed by atoms with Crippen LogP contribution in [0.25, 0.3) is 0 Å². The summed E-state index contributed by atoms with van der Waals surface area (Å²) in [6, 6.07) is 0. The second-order valence-electron chi connectivity index (χ2n) is 1.84. The van der Waals surface area contributed by atoms with Gasteiger partial charge in [0.1, 0.15) is 0 Å². The Hall–Kier alpha value is -1.05. The van der Waals surface area contributed by atoms with Crippen molar-refractivity contribution in [2.24, 2.45) is 0 Å². The van der Waals surface area contributed by atoms with Crippen LogP contribution >= 0.6 is 0 Å². The summed E-state index contributed by atoms with van der Waals surface area (Å²) < 4.78 is 0. The van der Waals surface area contributed by atoms with Crippen LogP contribution in [0, 0.1) is 0 Å². The molecule has 0 spiro atoms. The van der Waals surface area contributed by atoms with Gasteiger partial charge >= 0.3 is 5.97 Å². The lowest BCUT2D eigenvalue weighted by Crippen LogP contribution is -1.86. The van der Waals surface area contributed by atoms with E-state index in [1.165, 1.54) is 0 Å². The molecule has 10 heavy (non-hydrogen) atoms. The van der Waals surface area contributed by atoms with Crippen LogP contribution in [0.5, 0.6) is 0 Å². The number of carboxylic acids is 1. The van der Waals surface area contributed by atoms with E-state index >= 15 is 0 Å². The molecule has 1 rings (SSSR count). The Morgan fingerprint density at radius 1 is 1.50 bits per heavy atom. The largest absolute Gasteiger partial charge is 0.481 e. The third-order valence-electron chi connectivity index (χ3n) is 0.958. The van der Waals surface area contributed by atoms with Gasteiger partial charge in [-0.05, 0) is 6.42 Å².